The van der Waals surface area contributed by atoms with Crippen LogP contribution in [-0.4, -0.2) is 27.8 Å². The maximum absolute atomic E-state index is 12.7. The summed E-state index contributed by atoms with van der Waals surface area (Å²) < 4.78 is 14.6. The van der Waals surface area contributed by atoms with Gasteiger partial charge in [0.25, 0.3) is 0 Å². The summed E-state index contributed by atoms with van der Waals surface area (Å²) in [5.74, 6) is 0.430. The van der Waals surface area contributed by atoms with Gasteiger partial charge in [-0.05, 0) is 35.3 Å². The van der Waals surface area contributed by atoms with Crippen LogP contribution in [-0.2, 0) is 24.4 Å². The minimum Gasteiger partial charge on any atom is -0.483 e. The van der Waals surface area contributed by atoms with Crippen molar-refractivity contribution in [3.63, 3.8) is 0 Å². The Hall–Kier alpha value is -1.63. The van der Waals surface area contributed by atoms with Gasteiger partial charge in [-0.1, -0.05) is 30.3 Å². The van der Waals surface area contributed by atoms with Gasteiger partial charge in [-0.15, -0.1) is 0 Å². The first-order chi connectivity index (χ1) is 12.0. The zero-order valence-electron chi connectivity index (χ0n) is 14.4. The monoisotopic (exact) mass is 404 g/mol. The number of rotatable bonds is 3. The van der Waals surface area contributed by atoms with Gasteiger partial charge in [0, 0.05) is 18.8 Å². The summed E-state index contributed by atoms with van der Waals surface area (Å²) in [6, 6.07) is 10.2. The van der Waals surface area contributed by atoms with E-state index < -0.39 is 0 Å². The number of ether oxygens (including phenoxy) is 2. The first-order valence-corrected chi connectivity index (χ1v) is 9.26. The van der Waals surface area contributed by atoms with E-state index in [4.69, 9.17) is 9.47 Å². The highest BCUT2D eigenvalue weighted by Gasteiger charge is 2.46. The molecular formula is C19H21BrN2O3. The lowest BCUT2D eigenvalue weighted by Gasteiger charge is -2.41. The molecule has 3 heterocycles. The van der Waals surface area contributed by atoms with Crippen molar-refractivity contribution in [2.45, 2.75) is 45.3 Å². The van der Waals surface area contributed by atoms with Gasteiger partial charge in [0.1, 0.15) is 12.3 Å². The molecule has 0 spiro atoms. The van der Waals surface area contributed by atoms with E-state index in [2.05, 4.69) is 39.2 Å². The number of hydrogen-bond acceptors (Lipinski definition) is 4. The topological polar surface area (TPSA) is 43.7 Å². The van der Waals surface area contributed by atoms with Crippen LogP contribution in [0.15, 0.2) is 45.8 Å². The van der Waals surface area contributed by atoms with E-state index in [0.29, 0.717) is 42.6 Å². The first-order valence-electron chi connectivity index (χ1n) is 8.47. The van der Waals surface area contributed by atoms with E-state index in [1.54, 1.807) is 0 Å². The Kier molecular flexibility index (Phi) is 4.22. The van der Waals surface area contributed by atoms with Crippen molar-refractivity contribution >= 4 is 15.9 Å². The minimum absolute atomic E-state index is 0.0986. The van der Waals surface area contributed by atoms with Crippen molar-refractivity contribution in [1.29, 1.82) is 0 Å². The molecule has 0 N–H and O–H groups in total. The van der Waals surface area contributed by atoms with Gasteiger partial charge in [-0.3, -0.25) is 9.69 Å². The van der Waals surface area contributed by atoms with E-state index in [1.165, 1.54) is 0 Å². The smallest absolute Gasteiger partial charge is 0.237 e. The van der Waals surface area contributed by atoms with Crippen LogP contribution in [0.2, 0.25) is 0 Å². The highest BCUT2D eigenvalue weighted by molar-refractivity contribution is 9.10. The zero-order valence-corrected chi connectivity index (χ0v) is 16.0. The normalized spacial score (nSPS) is 25.5. The lowest BCUT2D eigenvalue weighted by Crippen LogP contribution is -2.52. The fourth-order valence-corrected chi connectivity index (χ4v) is 4.13. The summed E-state index contributed by atoms with van der Waals surface area (Å²) in [4.78, 5) is 15.0. The molecule has 0 aliphatic carbocycles. The fraction of sp³-hybridized carbons (Fsp3) is 0.421. The van der Waals surface area contributed by atoms with Gasteiger partial charge in [-0.25, -0.2) is 0 Å². The van der Waals surface area contributed by atoms with Crippen molar-refractivity contribution in [3.8, 4) is 5.75 Å². The lowest BCUT2D eigenvalue weighted by molar-refractivity contribution is -0.0992. The molecule has 5 nitrogen and oxygen atoms in total. The van der Waals surface area contributed by atoms with Gasteiger partial charge < -0.3 is 14.0 Å². The van der Waals surface area contributed by atoms with E-state index in [-0.39, 0.29) is 11.2 Å². The Morgan fingerprint density at radius 3 is 2.88 bits per heavy atom. The van der Waals surface area contributed by atoms with Crippen molar-refractivity contribution in [1.82, 2.24) is 9.47 Å². The first kappa shape index (κ1) is 16.8. The number of nitrogens with zero attached hydrogens (tertiary/aromatic N) is 2. The Balaban J connectivity index is 1.71. The fourth-order valence-electron chi connectivity index (χ4n) is 3.70. The van der Waals surface area contributed by atoms with Crippen LogP contribution < -0.4 is 10.2 Å². The maximum Gasteiger partial charge on any atom is 0.237 e. The third kappa shape index (κ3) is 2.92. The second-order valence-electron chi connectivity index (χ2n) is 6.95. The van der Waals surface area contributed by atoms with Crippen LogP contribution in [0.5, 0.6) is 5.75 Å². The van der Waals surface area contributed by atoms with Gasteiger partial charge in [0.2, 0.25) is 5.43 Å². The second-order valence-corrected chi connectivity index (χ2v) is 7.80. The number of hydrogen-bond donors (Lipinski definition) is 0. The SMILES string of the molecule is C[C@H]1CO[C@]2(C)Cn3cc(Br)c(=O)c(OCc4ccccc4)c3CN12. The Morgan fingerprint density at radius 2 is 2.12 bits per heavy atom. The molecule has 1 aromatic carbocycles. The van der Waals surface area contributed by atoms with E-state index in [0.717, 1.165) is 11.3 Å². The van der Waals surface area contributed by atoms with Crippen LogP contribution >= 0.6 is 15.9 Å². The molecule has 1 aromatic heterocycles. The summed E-state index contributed by atoms with van der Waals surface area (Å²) in [6.07, 6.45) is 1.85. The average Bonchev–Trinajstić information content (AvgIpc) is 2.89. The summed E-state index contributed by atoms with van der Waals surface area (Å²) in [5.41, 5.74) is 1.52. The Bertz CT molecular complexity index is 852. The summed E-state index contributed by atoms with van der Waals surface area (Å²) >= 11 is 3.39. The molecule has 2 atom stereocenters. The third-order valence-corrected chi connectivity index (χ3v) is 5.65. The molecule has 0 unspecified atom stereocenters. The van der Waals surface area contributed by atoms with Crippen LogP contribution in [0.1, 0.15) is 25.1 Å². The molecule has 1 saturated heterocycles. The van der Waals surface area contributed by atoms with E-state index in [1.807, 2.05) is 36.5 Å². The molecule has 2 aromatic rings. The summed E-state index contributed by atoms with van der Waals surface area (Å²) in [6.45, 7) is 6.66. The van der Waals surface area contributed by atoms with Crippen LogP contribution in [0.4, 0.5) is 0 Å². The standard InChI is InChI=1S/C19H21BrN2O3/c1-13-10-25-19(2)12-21-8-15(20)17(23)18(16(21)9-22(13)19)24-11-14-6-4-3-5-7-14/h3-8,13H,9-12H2,1-2H3/t13-,19+/m0/s1. The molecule has 0 amide bonds. The maximum atomic E-state index is 12.7. The van der Waals surface area contributed by atoms with Crippen molar-refractivity contribution in [2.75, 3.05) is 6.61 Å². The molecule has 1 fully saturated rings. The third-order valence-electron chi connectivity index (χ3n) is 5.09. The van der Waals surface area contributed by atoms with Crippen molar-refractivity contribution in [2.24, 2.45) is 0 Å². The lowest BCUT2D eigenvalue weighted by atomic mass is 10.1. The number of fused-ring (bicyclic) bond motifs is 2. The number of benzene rings is 1. The van der Waals surface area contributed by atoms with E-state index >= 15 is 0 Å². The Morgan fingerprint density at radius 1 is 1.36 bits per heavy atom. The van der Waals surface area contributed by atoms with Gasteiger partial charge >= 0.3 is 0 Å². The number of halogens is 1. The molecule has 2 aliphatic rings. The van der Waals surface area contributed by atoms with Crippen molar-refractivity contribution in [3.05, 3.63) is 62.5 Å². The average molecular weight is 405 g/mol. The zero-order chi connectivity index (χ0) is 17.6. The van der Waals surface area contributed by atoms with Crippen LogP contribution in [0.25, 0.3) is 0 Å². The van der Waals surface area contributed by atoms with Crippen LogP contribution in [0, 0.1) is 0 Å². The molecule has 6 heteroatoms. The Labute approximate surface area is 155 Å². The van der Waals surface area contributed by atoms with Crippen molar-refractivity contribution < 1.29 is 9.47 Å². The number of aromatic nitrogens is 1. The van der Waals surface area contributed by atoms with Crippen LogP contribution in [0.3, 0.4) is 0 Å². The molecule has 0 bridgehead atoms. The molecule has 4 rings (SSSR count). The summed E-state index contributed by atoms with van der Waals surface area (Å²) in [7, 11) is 0. The largest absolute Gasteiger partial charge is 0.483 e. The molecule has 0 radical (unpaired) electrons. The predicted molar refractivity (Wildman–Crippen MR) is 98.5 cm³/mol. The minimum atomic E-state index is -0.336. The second kappa shape index (κ2) is 6.27. The molecule has 0 saturated carbocycles. The van der Waals surface area contributed by atoms with Gasteiger partial charge in [0.15, 0.2) is 5.75 Å². The number of pyridine rings is 1. The van der Waals surface area contributed by atoms with Gasteiger partial charge in [-0.2, -0.15) is 0 Å². The summed E-state index contributed by atoms with van der Waals surface area (Å²) in [5, 5.41) is 0. The molecule has 2 aliphatic heterocycles. The quantitative estimate of drug-likeness (QED) is 0.787. The predicted octanol–water partition coefficient (Wildman–Crippen LogP) is 3.14. The van der Waals surface area contributed by atoms with E-state index in [9.17, 15) is 4.79 Å². The molecule has 25 heavy (non-hydrogen) atoms. The van der Waals surface area contributed by atoms with Gasteiger partial charge in [0.05, 0.1) is 23.3 Å². The molecular weight excluding hydrogens is 384 g/mol. The molecule has 132 valence electrons. The highest BCUT2D eigenvalue weighted by Crippen LogP contribution is 2.37. The highest BCUT2D eigenvalue weighted by atomic mass is 79.9.